The summed E-state index contributed by atoms with van der Waals surface area (Å²) in [6.45, 7) is 1.93. The molecule has 96 valence electrons. The number of anilines is 1. The Balaban J connectivity index is 2.09. The fraction of sp³-hybridized carbons (Fsp3) is 0.167. The average Bonchev–Trinajstić information content (AvgIpc) is 2.84. The van der Waals surface area contributed by atoms with E-state index < -0.39 is 0 Å². The minimum Gasteiger partial charge on any atom is -0.382 e. The topological polar surface area (TPSA) is 82.5 Å². The molecule has 7 heteroatoms. The Hall–Kier alpha value is -2.57. The number of hydrogen-bond acceptors (Lipinski definition) is 5. The van der Waals surface area contributed by atoms with E-state index >= 15 is 0 Å². The minimum absolute atomic E-state index is 0.125. The number of nitrogens with two attached hydrogens (primary N) is 1. The number of hydrogen-bond donors (Lipinski definition) is 1. The van der Waals surface area contributed by atoms with E-state index in [1.165, 1.54) is 18.5 Å². The molecule has 0 aliphatic heterocycles. The molecule has 1 aromatic carbocycles. The molecule has 0 fully saturated rings. The number of nitrogen functional groups attached to an aromatic ring is 1. The van der Waals surface area contributed by atoms with Gasteiger partial charge in [-0.1, -0.05) is 17.3 Å². The van der Waals surface area contributed by atoms with Crippen molar-refractivity contribution in [3.8, 4) is 0 Å². The summed E-state index contributed by atoms with van der Waals surface area (Å²) >= 11 is 0. The molecule has 2 aromatic heterocycles. The fourth-order valence-corrected chi connectivity index (χ4v) is 1.92. The van der Waals surface area contributed by atoms with Crippen molar-refractivity contribution in [1.82, 2.24) is 25.0 Å². The van der Waals surface area contributed by atoms with E-state index in [1.54, 1.807) is 16.8 Å². The molecule has 1 atom stereocenters. The monoisotopic (exact) mass is 258 g/mol. The first-order valence-electron chi connectivity index (χ1n) is 5.73. The fourth-order valence-electron chi connectivity index (χ4n) is 1.92. The molecule has 0 bridgehead atoms. The van der Waals surface area contributed by atoms with Gasteiger partial charge in [-0.25, -0.2) is 19.0 Å². The van der Waals surface area contributed by atoms with Crippen LogP contribution in [0, 0.1) is 5.82 Å². The molecular weight excluding hydrogens is 247 g/mol. The Morgan fingerprint density at radius 3 is 2.68 bits per heavy atom. The van der Waals surface area contributed by atoms with Crippen molar-refractivity contribution < 1.29 is 4.39 Å². The molecule has 0 aliphatic carbocycles. The number of fused-ring (bicyclic) bond motifs is 1. The Labute approximate surface area is 108 Å². The van der Waals surface area contributed by atoms with Crippen LogP contribution in [0.3, 0.4) is 0 Å². The number of benzene rings is 1. The van der Waals surface area contributed by atoms with Gasteiger partial charge < -0.3 is 5.73 Å². The molecule has 6 nitrogen and oxygen atoms in total. The van der Waals surface area contributed by atoms with E-state index in [9.17, 15) is 4.39 Å². The lowest BCUT2D eigenvalue weighted by Gasteiger charge is -2.12. The maximum atomic E-state index is 12.9. The molecule has 2 heterocycles. The zero-order valence-corrected chi connectivity index (χ0v) is 10.2. The first kappa shape index (κ1) is 11.5. The van der Waals surface area contributed by atoms with Crippen molar-refractivity contribution >= 4 is 17.0 Å². The van der Waals surface area contributed by atoms with E-state index in [2.05, 4.69) is 20.3 Å². The summed E-state index contributed by atoms with van der Waals surface area (Å²) in [6, 6.07) is 6.11. The van der Waals surface area contributed by atoms with Crippen molar-refractivity contribution in [2.45, 2.75) is 13.0 Å². The van der Waals surface area contributed by atoms with Crippen molar-refractivity contribution in [2.75, 3.05) is 5.73 Å². The normalized spacial score (nSPS) is 12.7. The van der Waals surface area contributed by atoms with E-state index in [1.807, 2.05) is 6.92 Å². The average molecular weight is 258 g/mol. The van der Waals surface area contributed by atoms with Crippen LogP contribution in [0.1, 0.15) is 18.5 Å². The first-order chi connectivity index (χ1) is 9.16. The maximum absolute atomic E-state index is 12.9. The quantitative estimate of drug-likeness (QED) is 0.754. The largest absolute Gasteiger partial charge is 0.382 e. The van der Waals surface area contributed by atoms with E-state index in [4.69, 9.17) is 5.73 Å². The van der Waals surface area contributed by atoms with Crippen LogP contribution in [-0.4, -0.2) is 25.0 Å². The molecule has 0 saturated heterocycles. The number of rotatable bonds is 2. The third kappa shape index (κ3) is 1.88. The van der Waals surface area contributed by atoms with Crippen molar-refractivity contribution in [1.29, 1.82) is 0 Å². The highest BCUT2D eigenvalue weighted by Crippen LogP contribution is 2.22. The van der Waals surface area contributed by atoms with Gasteiger partial charge in [0.2, 0.25) is 0 Å². The standard InChI is InChI=1S/C12H11FN6/c1-7(8-2-4-9(13)5-3-8)19-12-10(17-18-19)11(14)15-6-16-12/h2-7H,1H3,(H2,14,15,16)/t7-/m0/s1. The van der Waals surface area contributed by atoms with Crippen LogP contribution in [0.4, 0.5) is 10.2 Å². The van der Waals surface area contributed by atoms with E-state index in [0.717, 1.165) is 5.56 Å². The van der Waals surface area contributed by atoms with Crippen LogP contribution in [0.25, 0.3) is 11.2 Å². The smallest absolute Gasteiger partial charge is 0.184 e. The van der Waals surface area contributed by atoms with Gasteiger partial charge in [-0.15, -0.1) is 5.10 Å². The lowest BCUT2D eigenvalue weighted by molar-refractivity contribution is 0.553. The molecular formula is C12H11FN6. The summed E-state index contributed by atoms with van der Waals surface area (Å²) in [6.07, 6.45) is 1.37. The van der Waals surface area contributed by atoms with Gasteiger partial charge >= 0.3 is 0 Å². The summed E-state index contributed by atoms with van der Waals surface area (Å²) in [7, 11) is 0. The molecule has 0 aliphatic rings. The van der Waals surface area contributed by atoms with Crippen LogP contribution in [0.5, 0.6) is 0 Å². The molecule has 19 heavy (non-hydrogen) atoms. The van der Waals surface area contributed by atoms with Gasteiger partial charge in [0.25, 0.3) is 0 Å². The van der Waals surface area contributed by atoms with Gasteiger partial charge in [-0.3, -0.25) is 0 Å². The van der Waals surface area contributed by atoms with Gasteiger partial charge in [0.05, 0.1) is 6.04 Å². The van der Waals surface area contributed by atoms with Crippen LogP contribution in [0.2, 0.25) is 0 Å². The van der Waals surface area contributed by atoms with E-state index in [0.29, 0.717) is 17.0 Å². The Morgan fingerprint density at radius 2 is 1.95 bits per heavy atom. The predicted octanol–water partition coefficient (Wildman–Crippen LogP) is 1.55. The van der Waals surface area contributed by atoms with Crippen molar-refractivity contribution in [2.24, 2.45) is 0 Å². The Bertz CT molecular complexity index is 721. The predicted molar refractivity (Wildman–Crippen MR) is 67.7 cm³/mol. The van der Waals surface area contributed by atoms with Gasteiger partial charge in [0.1, 0.15) is 12.1 Å². The number of halogens is 1. The zero-order chi connectivity index (χ0) is 13.4. The van der Waals surface area contributed by atoms with Crippen LogP contribution in [-0.2, 0) is 0 Å². The molecule has 0 unspecified atom stereocenters. The SMILES string of the molecule is C[C@@H](c1ccc(F)cc1)n1nnc2c(N)ncnc21. The molecule has 0 saturated carbocycles. The molecule has 3 rings (SSSR count). The summed E-state index contributed by atoms with van der Waals surface area (Å²) in [5.74, 6) is 0.0218. The number of aromatic nitrogens is 5. The molecule has 0 spiro atoms. The summed E-state index contributed by atoms with van der Waals surface area (Å²) in [5.41, 5.74) is 7.65. The second-order valence-electron chi connectivity index (χ2n) is 4.19. The maximum Gasteiger partial charge on any atom is 0.184 e. The van der Waals surface area contributed by atoms with Gasteiger partial charge in [0, 0.05) is 0 Å². The molecule has 0 radical (unpaired) electrons. The van der Waals surface area contributed by atoms with Gasteiger partial charge in [-0.05, 0) is 24.6 Å². The first-order valence-corrected chi connectivity index (χ1v) is 5.73. The number of nitrogens with zero attached hydrogens (tertiary/aromatic N) is 5. The second-order valence-corrected chi connectivity index (χ2v) is 4.19. The van der Waals surface area contributed by atoms with Crippen molar-refractivity contribution in [3.05, 3.63) is 42.0 Å². The molecule has 2 N–H and O–H groups in total. The summed E-state index contributed by atoms with van der Waals surface area (Å²) in [4.78, 5) is 8.00. The molecule has 0 amide bonds. The minimum atomic E-state index is -0.272. The van der Waals surface area contributed by atoms with Crippen LogP contribution < -0.4 is 5.73 Å². The summed E-state index contributed by atoms with van der Waals surface area (Å²) in [5, 5.41) is 8.02. The van der Waals surface area contributed by atoms with Gasteiger partial charge in [-0.2, -0.15) is 0 Å². The Morgan fingerprint density at radius 1 is 1.21 bits per heavy atom. The Kier molecular flexibility index (Phi) is 2.59. The van der Waals surface area contributed by atoms with Crippen LogP contribution >= 0.6 is 0 Å². The summed E-state index contributed by atoms with van der Waals surface area (Å²) < 4.78 is 14.6. The van der Waals surface area contributed by atoms with Crippen molar-refractivity contribution in [3.63, 3.8) is 0 Å². The third-order valence-electron chi connectivity index (χ3n) is 3.01. The highest BCUT2D eigenvalue weighted by molar-refractivity contribution is 5.80. The highest BCUT2D eigenvalue weighted by Gasteiger charge is 2.15. The third-order valence-corrected chi connectivity index (χ3v) is 3.01. The van der Waals surface area contributed by atoms with E-state index in [-0.39, 0.29) is 11.9 Å². The molecule has 3 aromatic rings. The van der Waals surface area contributed by atoms with Crippen LogP contribution in [0.15, 0.2) is 30.6 Å². The lowest BCUT2D eigenvalue weighted by atomic mass is 10.1. The van der Waals surface area contributed by atoms with Gasteiger partial charge in [0.15, 0.2) is 17.0 Å². The second kappa shape index (κ2) is 4.27. The zero-order valence-electron chi connectivity index (χ0n) is 10.2. The highest BCUT2D eigenvalue weighted by atomic mass is 19.1. The lowest BCUT2D eigenvalue weighted by Crippen LogP contribution is -2.09.